The van der Waals surface area contributed by atoms with Gasteiger partial charge in [-0.25, -0.2) is 4.39 Å². The van der Waals surface area contributed by atoms with Gasteiger partial charge in [0.1, 0.15) is 6.17 Å². The van der Waals surface area contributed by atoms with Crippen molar-refractivity contribution in [2.45, 2.75) is 26.4 Å². The van der Waals surface area contributed by atoms with E-state index in [0.29, 0.717) is 6.42 Å². The zero-order chi connectivity index (χ0) is 8.27. The highest BCUT2D eigenvalue weighted by Gasteiger charge is 2.00. The van der Waals surface area contributed by atoms with Crippen LogP contribution in [-0.2, 0) is 6.42 Å². The molecule has 0 bridgehead atoms. The topological polar surface area (TPSA) is 12.9 Å². The molecule has 2 heteroatoms. The third-order valence-corrected chi connectivity index (χ3v) is 1.46. The highest BCUT2D eigenvalue weighted by molar-refractivity contribution is 5.12. The van der Waals surface area contributed by atoms with E-state index >= 15 is 0 Å². The molecular formula is C9H12FN. The van der Waals surface area contributed by atoms with Gasteiger partial charge in [-0.3, -0.25) is 4.98 Å². The van der Waals surface area contributed by atoms with Crippen LogP contribution in [0.4, 0.5) is 4.39 Å². The summed E-state index contributed by atoms with van der Waals surface area (Å²) >= 11 is 0. The summed E-state index contributed by atoms with van der Waals surface area (Å²) in [5, 5.41) is 0. The summed E-state index contributed by atoms with van der Waals surface area (Å²) in [6.45, 7) is 3.51. The van der Waals surface area contributed by atoms with E-state index in [-0.39, 0.29) is 0 Å². The van der Waals surface area contributed by atoms with Crippen molar-refractivity contribution in [2.24, 2.45) is 0 Å². The van der Waals surface area contributed by atoms with Crippen LogP contribution < -0.4 is 0 Å². The minimum Gasteiger partial charge on any atom is -0.261 e. The molecule has 1 nitrogen and oxygen atoms in total. The van der Waals surface area contributed by atoms with E-state index in [4.69, 9.17) is 0 Å². The highest BCUT2D eigenvalue weighted by atomic mass is 19.1. The molecule has 0 aromatic carbocycles. The first kappa shape index (κ1) is 8.18. The summed E-state index contributed by atoms with van der Waals surface area (Å²) in [6.07, 6.45) is 1.38. The average Bonchev–Trinajstić information content (AvgIpc) is 1.93. The van der Waals surface area contributed by atoms with Crippen molar-refractivity contribution in [2.75, 3.05) is 0 Å². The molecule has 0 spiro atoms. The third-order valence-electron chi connectivity index (χ3n) is 1.46. The summed E-state index contributed by atoms with van der Waals surface area (Å²) in [4.78, 5) is 4.08. The predicted molar refractivity (Wildman–Crippen MR) is 43.2 cm³/mol. The molecule has 60 valence electrons. The lowest BCUT2D eigenvalue weighted by molar-refractivity contribution is 0.357. The van der Waals surface area contributed by atoms with E-state index in [1.165, 1.54) is 0 Å². The van der Waals surface area contributed by atoms with Gasteiger partial charge in [-0.2, -0.15) is 0 Å². The molecule has 0 aliphatic rings. The molecule has 0 aliphatic heterocycles. The molecule has 1 aromatic heterocycles. The summed E-state index contributed by atoms with van der Waals surface area (Å²) in [5.74, 6) is 0. The maximum Gasteiger partial charge on any atom is 0.103 e. The predicted octanol–water partition coefficient (Wildman–Crippen LogP) is 2.29. The molecule has 0 saturated carbocycles. The molecule has 1 unspecified atom stereocenters. The van der Waals surface area contributed by atoms with Gasteiger partial charge in [0.25, 0.3) is 0 Å². The third kappa shape index (κ3) is 2.66. The molecule has 0 N–H and O–H groups in total. The van der Waals surface area contributed by atoms with Gasteiger partial charge in [-0.1, -0.05) is 6.07 Å². The van der Waals surface area contributed by atoms with Crippen molar-refractivity contribution >= 4 is 0 Å². The van der Waals surface area contributed by atoms with Crippen LogP contribution in [0.15, 0.2) is 18.3 Å². The number of aromatic nitrogens is 1. The Hall–Kier alpha value is -0.920. The van der Waals surface area contributed by atoms with Gasteiger partial charge in [0.2, 0.25) is 0 Å². The first-order valence-corrected chi connectivity index (χ1v) is 3.74. The number of rotatable bonds is 2. The maximum atomic E-state index is 12.4. The van der Waals surface area contributed by atoms with Crippen molar-refractivity contribution in [3.8, 4) is 0 Å². The molecule has 0 amide bonds. The quantitative estimate of drug-likeness (QED) is 0.635. The van der Waals surface area contributed by atoms with Gasteiger partial charge in [-0.15, -0.1) is 0 Å². The van der Waals surface area contributed by atoms with Gasteiger partial charge >= 0.3 is 0 Å². The van der Waals surface area contributed by atoms with Crippen LogP contribution in [0.3, 0.4) is 0 Å². The molecular weight excluding hydrogens is 141 g/mol. The minimum absolute atomic E-state index is 0.417. The van der Waals surface area contributed by atoms with Crippen LogP contribution in [-0.4, -0.2) is 11.2 Å². The van der Waals surface area contributed by atoms with Crippen LogP contribution in [0.5, 0.6) is 0 Å². The molecule has 1 aromatic rings. The van der Waals surface area contributed by atoms with Gasteiger partial charge in [0.05, 0.1) is 0 Å². The normalized spacial score (nSPS) is 13.0. The fraction of sp³-hybridized carbons (Fsp3) is 0.444. The Morgan fingerprint density at radius 3 is 2.73 bits per heavy atom. The Balaban J connectivity index is 2.66. The summed E-state index contributed by atoms with van der Waals surface area (Å²) in [6, 6.07) is 3.82. The zero-order valence-electron chi connectivity index (χ0n) is 6.84. The van der Waals surface area contributed by atoms with E-state index in [1.807, 2.05) is 19.1 Å². The molecule has 0 aliphatic carbocycles. The van der Waals surface area contributed by atoms with Crippen molar-refractivity contribution in [3.63, 3.8) is 0 Å². The van der Waals surface area contributed by atoms with Crippen LogP contribution in [0, 0.1) is 6.92 Å². The Labute approximate surface area is 66.3 Å². The molecule has 1 heterocycles. The van der Waals surface area contributed by atoms with Crippen molar-refractivity contribution in [3.05, 3.63) is 29.6 Å². The van der Waals surface area contributed by atoms with Crippen molar-refractivity contribution in [1.82, 2.24) is 4.98 Å². The average molecular weight is 153 g/mol. The Kier molecular flexibility index (Phi) is 2.58. The second-order valence-electron chi connectivity index (χ2n) is 2.81. The fourth-order valence-corrected chi connectivity index (χ4v) is 0.907. The number of aryl methyl sites for hydroxylation is 1. The lowest BCUT2D eigenvalue weighted by Gasteiger charge is -2.00. The van der Waals surface area contributed by atoms with Gasteiger partial charge in [0.15, 0.2) is 0 Å². The summed E-state index contributed by atoms with van der Waals surface area (Å²) in [5.41, 5.74) is 1.94. The van der Waals surface area contributed by atoms with Gasteiger partial charge in [-0.05, 0) is 25.5 Å². The smallest absolute Gasteiger partial charge is 0.103 e. The Bertz CT molecular complexity index is 216. The SMILES string of the molecule is Cc1ccc(CC(C)F)nc1. The highest BCUT2D eigenvalue weighted by Crippen LogP contribution is 2.03. The second kappa shape index (κ2) is 3.46. The van der Waals surface area contributed by atoms with Gasteiger partial charge in [0, 0.05) is 18.3 Å². The molecule has 1 atom stereocenters. The standard InChI is InChI=1S/C9H12FN/c1-7-3-4-9(11-6-7)5-8(2)10/h3-4,6,8H,5H2,1-2H3. The van der Waals surface area contributed by atoms with Gasteiger partial charge < -0.3 is 0 Å². The van der Waals surface area contributed by atoms with Crippen LogP contribution in [0.1, 0.15) is 18.2 Å². The maximum absolute atomic E-state index is 12.4. The zero-order valence-corrected chi connectivity index (χ0v) is 6.84. The first-order chi connectivity index (χ1) is 5.18. The Morgan fingerprint density at radius 2 is 2.27 bits per heavy atom. The number of alkyl halides is 1. The van der Waals surface area contributed by atoms with E-state index in [2.05, 4.69) is 4.98 Å². The number of halogens is 1. The van der Waals surface area contributed by atoms with Crippen LogP contribution in [0.25, 0.3) is 0 Å². The second-order valence-corrected chi connectivity index (χ2v) is 2.81. The molecule has 1 rings (SSSR count). The minimum atomic E-state index is -0.801. The number of hydrogen-bond acceptors (Lipinski definition) is 1. The Morgan fingerprint density at radius 1 is 1.55 bits per heavy atom. The number of nitrogens with zero attached hydrogens (tertiary/aromatic N) is 1. The number of hydrogen-bond donors (Lipinski definition) is 0. The van der Waals surface area contributed by atoms with Crippen LogP contribution in [0.2, 0.25) is 0 Å². The number of pyridine rings is 1. The molecule has 0 saturated heterocycles. The molecule has 0 radical (unpaired) electrons. The lowest BCUT2D eigenvalue weighted by atomic mass is 10.2. The monoisotopic (exact) mass is 153 g/mol. The molecule has 0 fully saturated rings. The first-order valence-electron chi connectivity index (χ1n) is 3.74. The van der Waals surface area contributed by atoms with Crippen molar-refractivity contribution in [1.29, 1.82) is 0 Å². The fourth-order valence-electron chi connectivity index (χ4n) is 0.907. The van der Waals surface area contributed by atoms with Crippen molar-refractivity contribution < 1.29 is 4.39 Å². The largest absolute Gasteiger partial charge is 0.261 e. The lowest BCUT2D eigenvalue weighted by Crippen LogP contribution is -2.00. The van der Waals surface area contributed by atoms with E-state index in [1.54, 1.807) is 13.1 Å². The summed E-state index contributed by atoms with van der Waals surface area (Å²) < 4.78 is 12.4. The summed E-state index contributed by atoms with van der Waals surface area (Å²) in [7, 11) is 0. The van der Waals surface area contributed by atoms with Crippen LogP contribution >= 0.6 is 0 Å². The van der Waals surface area contributed by atoms with E-state index < -0.39 is 6.17 Å². The molecule has 11 heavy (non-hydrogen) atoms. The van der Waals surface area contributed by atoms with E-state index in [9.17, 15) is 4.39 Å². The van der Waals surface area contributed by atoms with E-state index in [0.717, 1.165) is 11.3 Å².